The van der Waals surface area contributed by atoms with Crippen LogP contribution in [0.25, 0.3) is 33.5 Å². The number of amides is 2. The summed E-state index contributed by atoms with van der Waals surface area (Å²) >= 11 is 0. The quantitative estimate of drug-likeness (QED) is 0.228. The first kappa shape index (κ1) is 26.6. The minimum Gasteiger partial charge on any atom is -0.338 e. The molecule has 5 aromatic rings. The molecule has 0 bridgehead atoms. The van der Waals surface area contributed by atoms with E-state index in [9.17, 15) is 9.18 Å². The maximum absolute atomic E-state index is 13.4. The van der Waals surface area contributed by atoms with Gasteiger partial charge in [-0.3, -0.25) is 4.90 Å². The number of hydrogen-bond donors (Lipinski definition) is 2. The zero-order valence-corrected chi connectivity index (χ0v) is 22.8. The molecule has 1 saturated heterocycles. The number of nitrogens with zero attached hydrogens (tertiary/aromatic N) is 3. The maximum atomic E-state index is 13.4. The Hall–Kier alpha value is -4.62. The van der Waals surface area contributed by atoms with Gasteiger partial charge >= 0.3 is 6.03 Å². The molecule has 1 atom stereocenters. The molecule has 0 radical (unpaired) electrons. The van der Waals surface area contributed by atoms with Crippen molar-refractivity contribution in [3.63, 3.8) is 0 Å². The average molecular weight is 546 g/mol. The topological polar surface area (TPSA) is 70.2 Å². The van der Waals surface area contributed by atoms with E-state index in [-0.39, 0.29) is 11.8 Å². The maximum Gasteiger partial charge on any atom is 0.319 e. The number of aromatic nitrogens is 2. The van der Waals surface area contributed by atoms with Crippen molar-refractivity contribution in [1.29, 1.82) is 0 Å². The lowest BCUT2D eigenvalue weighted by Crippen LogP contribution is -2.41. The van der Waals surface area contributed by atoms with E-state index in [0.29, 0.717) is 18.2 Å². The van der Waals surface area contributed by atoms with Crippen LogP contribution in [0.1, 0.15) is 18.4 Å². The van der Waals surface area contributed by atoms with E-state index >= 15 is 0 Å². The Kier molecular flexibility index (Phi) is 7.96. The number of para-hydroxylation sites is 2. The number of anilines is 1. The van der Waals surface area contributed by atoms with Gasteiger partial charge in [0.15, 0.2) is 0 Å². The Morgan fingerprint density at radius 1 is 0.829 bits per heavy atom. The number of rotatable bonds is 7. The van der Waals surface area contributed by atoms with E-state index < -0.39 is 0 Å². The highest BCUT2D eigenvalue weighted by Crippen LogP contribution is 2.31. The zero-order chi connectivity index (χ0) is 28.0. The van der Waals surface area contributed by atoms with Crippen LogP contribution in [0.2, 0.25) is 0 Å². The van der Waals surface area contributed by atoms with Gasteiger partial charge in [-0.1, -0.05) is 72.8 Å². The molecular formula is C34H32FN5O. The number of piperidine rings is 1. The van der Waals surface area contributed by atoms with E-state index in [2.05, 4.69) is 51.9 Å². The van der Waals surface area contributed by atoms with Crippen LogP contribution in [0.4, 0.5) is 14.9 Å². The zero-order valence-electron chi connectivity index (χ0n) is 22.8. The Morgan fingerprint density at radius 3 is 2.22 bits per heavy atom. The molecule has 1 fully saturated rings. The van der Waals surface area contributed by atoms with Gasteiger partial charge in [-0.2, -0.15) is 0 Å². The summed E-state index contributed by atoms with van der Waals surface area (Å²) in [4.78, 5) is 24.7. The number of carbonyl (C=O) groups is 1. The van der Waals surface area contributed by atoms with Crippen LogP contribution in [-0.2, 0) is 6.54 Å². The summed E-state index contributed by atoms with van der Waals surface area (Å²) in [5.41, 5.74) is 7.28. The molecule has 0 saturated carbocycles. The van der Waals surface area contributed by atoms with Crippen molar-refractivity contribution in [1.82, 2.24) is 20.2 Å². The van der Waals surface area contributed by atoms with Crippen molar-refractivity contribution < 1.29 is 9.18 Å². The minimum absolute atomic E-state index is 0.310. The van der Waals surface area contributed by atoms with Gasteiger partial charge in [0.05, 0.1) is 22.4 Å². The van der Waals surface area contributed by atoms with E-state index in [1.807, 2.05) is 42.5 Å². The minimum atomic E-state index is -0.374. The summed E-state index contributed by atoms with van der Waals surface area (Å²) in [5, 5.41) is 5.65. The van der Waals surface area contributed by atoms with Crippen molar-refractivity contribution in [2.45, 2.75) is 19.4 Å². The highest BCUT2D eigenvalue weighted by molar-refractivity contribution is 5.89. The number of nitrogens with one attached hydrogen (secondary N) is 2. The van der Waals surface area contributed by atoms with Crippen LogP contribution in [0.3, 0.4) is 0 Å². The third-order valence-electron chi connectivity index (χ3n) is 7.49. The van der Waals surface area contributed by atoms with Crippen LogP contribution >= 0.6 is 0 Å². The summed E-state index contributed by atoms with van der Waals surface area (Å²) in [6.07, 6.45) is 2.15. The van der Waals surface area contributed by atoms with Crippen LogP contribution < -0.4 is 10.6 Å². The van der Waals surface area contributed by atoms with Crippen molar-refractivity contribution in [2.24, 2.45) is 5.92 Å². The largest absolute Gasteiger partial charge is 0.338 e. The van der Waals surface area contributed by atoms with E-state index in [0.717, 1.165) is 66.0 Å². The Morgan fingerprint density at radius 2 is 1.51 bits per heavy atom. The van der Waals surface area contributed by atoms with Gasteiger partial charge < -0.3 is 10.6 Å². The molecule has 2 N–H and O–H groups in total. The van der Waals surface area contributed by atoms with Crippen molar-refractivity contribution in [2.75, 3.05) is 25.0 Å². The monoisotopic (exact) mass is 545 g/mol. The van der Waals surface area contributed by atoms with Gasteiger partial charge in [0.25, 0.3) is 0 Å². The normalized spacial score (nSPS) is 15.5. The summed E-state index contributed by atoms with van der Waals surface area (Å²) in [7, 11) is 0. The Labute approximate surface area is 239 Å². The fraction of sp³-hybridized carbons (Fsp3) is 0.206. The van der Waals surface area contributed by atoms with Gasteiger partial charge in [0.2, 0.25) is 0 Å². The van der Waals surface area contributed by atoms with Gasteiger partial charge in [0, 0.05) is 36.4 Å². The highest BCUT2D eigenvalue weighted by Gasteiger charge is 2.21. The molecule has 1 aliphatic heterocycles. The number of fused-ring (bicyclic) bond motifs is 1. The average Bonchev–Trinajstić information content (AvgIpc) is 3.00. The number of likely N-dealkylation sites (tertiary alicyclic amines) is 1. The van der Waals surface area contributed by atoms with Crippen molar-refractivity contribution in [3.8, 4) is 22.5 Å². The molecule has 0 spiro atoms. The van der Waals surface area contributed by atoms with Crippen molar-refractivity contribution >= 4 is 22.8 Å². The molecule has 1 unspecified atom stereocenters. The number of hydrogen-bond acceptors (Lipinski definition) is 4. The smallest absolute Gasteiger partial charge is 0.319 e. The molecule has 1 aliphatic rings. The molecule has 6 nitrogen and oxygen atoms in total. The van der Waals surface area contributed by atoms with Gasteiger partial charge in [0.1, 0.15) is 5.82 Å². The van der Waals surface area contributed by atoms with Crippen molar-refractivity contribution in [3.05, 3.63) is 115 Å². The highest BCUT2D eigenvalue weighted by atomic mass is 19.1. The first-order chi connectivity index (χ1) is 20.1. The van der Waals surface area contributed by atoms with Gasteiger partial charge in [-0.25, -0.2) is 19.2 Å². The standard InChI is InChI=1S/C34H32FN5O/c35-28-11-6-12-29(20-28)37-34(41)36-21-25-8-7-19-40(23-25)22-24-15-17-27(18-16-24)33-32(26-9-2-1-3-10-26)38-30-13-4-5-14-31(30)39-33/h1-6,9-18,20,25H,7-8,19,21-23H2,(H2,36,37,41). The van der Waals surface area contributed by atoms with Crippen LogP contribution in [-0.4, -0.2) is 40.5 Å². The number of halogens is 1. The van der Waals surface area contributed by atoms with E-state index in [4.69, 9.17) is 9.97 Å². The Bertz CT molecular complexity index is 1640. The summed E-state index contributed by atoms with van der Waals surface area (Å²) in [5.74, 6) is -0.0110. The second kappa shape index (κ2) is 12.3. The van der Waals surface area contributed by atoms with Crippen LogP contribution in [0.15, 0.2) is 103 Å². The molecule has 7 heteroatoms. The molecule has 0 aliphatic carbocycles. The predicted molar refractivity (Wildman–Crippen MR) is 162 cm³/mol. The van der Waals surface area contributed by atoms with Crippen LogP contribution in [0, 0.1) is 11.7 Å². The predicted octanol–water partition coefficient (Wildman–Crippen LogP) is 7.14. The molecule has 2 amide bonds. The second-order valence-electron chi connectivity index (χ2n) is 10.6. The SMILES string of the molecule is O=C(NCC1CCCN(Cc2ccc(-c3nc4ccccc4nc3-c3ccccc3)cc2)C1)Nc1cccc(F)c1. The summed E-state index contributed by atoms with van der Waals surface area (Å²) in [6.45, 7) is 3.37. The number of benzene rings is 4. The van der Waals surface area contributed by atoms with Crippen LogP contribution in [0.5, 0.6) is 0 Å². The second-order valence-corrected chi connectivity index (χ2v) is 10.6. The first-order valence-corrected chi connectivity index (χ1v) is 14.0. The first-order valence-electron chi connectivity index (χ1n) is 14.0. The van der Waals surface area contributed by atoms with Gasteiger partial charge in [-0.15, -0.1) is 0 Å². The van der Waals surface area contributed by atoms with E-state index in [1.54, 1.807) is 12.1 Å². The summed E-state index contributed by atoms with van der Waals surface area (Å²) in [6, 6.07) is 32.4. The van der Waals surface area contributed by atoms with Gasteiger partial charge in [-0.05, 0) is 61.2 Å². The fourth-order valence-electron chi connectivity index (χ4n) is 5.46. The molecular weight excluding hydrogens is 513 g/mol. The lowest BCUT2D eigenvalue weighted by Gasteiger charge is -2.32. The molecule has 2 heterocycles. The number of urea groups is 1. The third kappa shape index (κ3) is 6.58. The molecule has 4 aromatic carbocycles. The summed E-state index contributed by atoms with van der Waals surface area (Å²) < 4.78 is 13.4. The molecule has 41 heavy (non-hydrogen) atoms. The lowest BCUT2D eigenvalue weighted by atomic mass is 9.97. The molecule has 206 valence electrons. The fourth-order valence-corrected chi connectivity index (χ4v) is 5.46. The Balaban J connectivity index is 1.11. The third-order valence-corrected chi connectivity index (χ3v) is 7.49. The lowest BCUT2D eigenvalue weighted by molar-refractivity contribution is 0.166. The molecule has 6 rings (SSSR count). The number of carbonyl (C=O) groups excluding carboxylic acids is 1. The van der Waals surface area contributed by atoms with E-state index in [1.165, 1.54) is 17.7 Å². The molecule has 1 aromatic heterocycles.